The summed E-state index contributed by atoms with van der Waals surface area (Å²) in [6.07, 6.45) is 0. The molecule has 6 heteroatoms. The Kier molecular flexibility index (Phi) is 5.54. The van der Waals surface area contributed by atoms with Crippen molar-refractivity contribution in [2.75, 3.05) is 13.7 Å². The molecule has 1 rings (SSSR count). The highest BCUT2D eigenvalue weighted by atomic mass is 127. The Bertz CT molecular complexity index is 461. The van der Waals surface area contributed by atoms with Crippen molar-refractivity contribution in [1.82, 2.24) is 5.32 Å². The van der Waals surface area contributed by atoms with E-state index >= 15 is 0 Å². The van der Waals surface area contributed by atoms with Crippen molar-refractivity contribution in [2.24, 2.45) is 0 Å². The van der Waals surface area contributed by atoms with Gasteiger partial charge < -0.3 is 15.2 Å². The molecule has 0 aromatic heterocycles. The predicted octanol–water partition coefficient (Wildman–Crippen LogP) is 0.863. The summed E-state index contributed by atoms with van der Waals surface area (Å²) in [7, 11) is 1.20. The van der Waals surface area contributed by atoms with Crippen molar-refractivity contribution in [3.05, 3.63) is 32.9 Å². The van der Waals surface area contributed by atoms with Crippen LogP contribution in [0.2, 0.25) is 0 Å². The first-order valence-electron chi connectivity index (χ1n) is 5.26. The van der Waals surface area contributed by atoms with Crippen LogP contribution in [0.3, 0.4) is 0 Å². The number of halogens is 1. The second kappa shape index (κ2) is 6.69. The van der Waals surface area contributed by atoms with E-state index in [-0.39, 0.29) is 0 Å². The van der Waals surface area contributed by atoms with Crippen molar-refractivity contribution in [3.8, 4) is 0 Å². The van der Waals surface area contributed by atoms with Crippen molar-refractivity contribution >= 4 is 34.5 Å². The summed E-state index contributed by atoms with van der Waals surface area (Å²) in [4.78, 5) is 23.2. The monoisotopic (exact) mass is 363 g/mol. The first-order valence-corrected chi connectivity index (χ1v) is 6.33. The number of benzene rings is 1. The van der Waals surface area contributed by atoms with Crippen molar-refractivity contribution < 1.29 is 19.4 Å². The Morgan fingerprint density at radius 1 is 1.50 bits per heavy atom. The molecule has 1 atom stereocenters. The molecule has 1 amide bonds. The number of carbonyl (C=O) groups is 2. The van der Waals surface area contributed by atoms with Gasteiger partial charge in [0.2, 0.25) is 0 Å². The number of rotatable bonds is 4. The summed E-state index contributed by atoms with van der Waals surface area (Å²) in [5, 5.41) is 11.5. The highest BCUT2D eigenvalue weighted by molar-refractivity contribution is 14.1. The van der Waals surface area contributed by atoms with Crippen LogP contribution in [0.25, 0.3) is 0 Å². The number of ether oxygens (including phenoxy) is 1. The Morgan fingerprint density at radius 3 is 2.72 bits per heavy atom. The van der Waals surface area contributed by atoms with Gasteiger partial charge in [-0.15, -0.1) is 0 Å². The highest BCUT2D eigenvalue weighted by Crippen LogP contribution is 2.16. The van der Waals surface area contributed by atoms with E-state index in [0.717, 1.165) is 9.13 Å². The molecule has 1 aromatic rings. The minimum absolute atomic E-state index is 0.410. The van der Waals surface area contributed by atoms with E-state index in [0.29, 0.717) is 5.56 Å². The van der Waals surface area contributed by atoms with Gasteiger partial charge >= 0.3 is 5.97 Å². The lowest BCUT2D eigenvalue weighted by Gasteiger charge is -2.14. The molecule has 1 unspecified atom stereocenters. The van der Waals surface area contributed by atoms with Crippen LogP contribution >= 0.6 is 22.6 Å². The lowest BCUT2D eigenvalue weighted by molar-refractivity contribution is -0.143. The molecule has 0 bridgehead atoms. The molecule has 2 N–H and O–H groups in total. The normalized spacial score (nSPS) is 11.8. The summed E-state index contributed by atoms with van der Waals surface area (Å²) in [6.45, 7) is 1.39. The van der Waals surface area contributed by atoms with Gasteiger partial charge in [0, 0.05) is 3.57 Å². The van der Waals surface area contributed by atoms with Crippen LogP contribution in [0.15, 0.2) is 18.2 Å². The first-order chi connectivity index (χ1) is 8.51. The van der Waals surface area contributed by atoms with Crippen molar-refractivity contribution in [2.45, 2.75) is 13.0 Å². The predicted molar refractivity (Wildman–Crippen MR) is 74.3 cm³/mol. The number of carbonyl (C=O) groups excluding carboxylic acids is 2. The van der Waals surface area contributed by atoms with E-state index in [4.69, 9.17) is 5.11 Å². The number of esters is 1. The summed E-state index contributed by atoms with van der Waals surface area (Å²) in [5.41, 5.74) is 1.44. The fourth-order valence-electron chi connectivity index (χ4n) is 1.38. The molecule has 0 radical (unpaired) electrons. The maximum Gasteiger partial charge on any atom is 0.330 e. The average Bonchev–Trinajstić information content (AvgIpc) is 2.37. The number of methoxy groups -OCH3 is 1. The summed E-state index contributed by atoms with van der Waals surface area (Å²) >= 11 is 2.07. The van der Waals surface area contributed by atoms with Crippen LogP contribution in [0.4, 0.5) is 0 Å². The zero-order valence-corrected chi connectivity index (χ0v) is 12.2. The minimum Gasteiger partial charge on any atom is -0.467 e. The van der Waals surface area contributed by atoms with E-state index < -0.39 is 24.5 Å². The van der Waals surface area contributed by atoms with Crippen LogP contribution < -0.4 is 5.32 Å². The molecule has 0 saturated heterocycles. The molecule has 0 fully saturated rings. The molecule has 0 saturated carbocycles. The molecule has 5 nitrogen and oxygen atoms in total. The van der Waals surface area contributed by atoms with Gasteiger partial charge in [-0.05, 0) is 41.1 Å². The fourth-order valence-corrected chi connectivity index (χ4v) is 1.98. The van der Waals surface area contributed by atoms with Crippen LogP contribution in [-0.2, 0) is 9.53 Å². The maximum absolute atomic E-state index is 12.0. The number of aliphatic hydroxyl groups is 1. The zero-order valence-electron chi connectivity index (χ0n) is 10.1. The Morgan fingerprint density at radius 2 is 2.17 bits per heavy atom. The van der Waals surface area contributed by atoms with Gasteiger partial charge in [-0.1, -0.05) is 12.1 Å². The number of nitrogens with one attached hydrogen (secondary N) is 1. The van der Waals surface area contributed by atoms with Crippen LogP contribution in [0, 0.1) is 10.5 Å². The Hall–Kier alpha value is -1.15. The lowest BCUT2D eigenvalue weighted by atomic mass is 10.1. The smallest absolute Gasteiger partial charge is 0.330 e. The largest absolute Gasteiger partial charge is 0.467 e. The van der Waals surface area contributed by atoms with Crippen molar-refractivity contribution in [1.29, 1.82) is 0 Å². The van der Waals surface area contributed by atoms with Crippen LogP contribution in [0.5, 0.6) is 0 Å². The summed E-state index contributed by atoms with van der Waals surface area (Å²) < 4.78 is 5.29. The second-order valence-electron chi connectivity index (χ2n) is 3.67. The fraction of sp³-hybridized carbons (Fsp3) is 0.333. The van der Waals surface area contributed by atoms with Crippen LogP contribution in [0.1, 0.15) is 15.9 Å². The molecule has 0 aliphatic rings. The van der Waals surface area contributed by atoms with Gasteiger partial charge in [0.1, 0.15) is 0 Å². The average molecular weight is 363 g/mol. The molecule has 0 aliphatic heterocycles. The SMILES string of the molecule is COC(=O)C(CO)NC(=O)c1cccc(C)c1I. The summed E-state index contributed by atoms with van der Waals surface area (Å²) in [5.74, 6) is -1.08. The molecule has 0 heterocycles. The number of aliphatic hydroxyl groups excluding tert-OH is 1. The van der Waals surface area contributed by atoms with Gasteiger partial charge in [0.05, 0.1) is 19.3 Å². The Balaban J connectivity index is 2.88. The third-order valence-electron chi connectivity index (χ3n) is 2.41. The topological polar surface area (TPSA) is 75.6 Å². The second-order valence-corrected chi connectivity index (χ2v) is 4.75. The molecular formula is C12H14INO4. The molecule has 98 valence electrons. The molecule has 1 aromatic carbocycles. The Labute approximate surface area is 119 Å². The third-order valence-corrected chi connectivity index (χ3v) is 3.84. The number of aryl methyl sites for hydroxylation is 1. The maximum atomic E-state index is 12.0. The molecule has 0 aliphatic carbocycles. The third kappa shape index (κ3) is 3.42. The van der Waals surface area contributed by atoms with E-state index in [1.54, 1.807) is 12.1 Å². The van der Waals surface area contributed by atoms with E-state index in [2.05, 4.69) is 32.6 Å². The van der Waals surface area contributed by atoms with Gasteiger partial charge in [0.25, 0.3) is 5.91 Å². The van der Waals surface area contributed by atoms with Gasteiger partial charge in [-0.2, -0.15) is 0 Å². The highest BCUT2D eigenvalue weighted by Gasteiger charge is 2.22. The standard InChI is InChI=1S/C12H14INO4/c1-7-4-3-5-8(10(7)13)11(16)14-9(6-15)12(17)18-2/h3-5,9,15H,6H2,1-2H3,(H,14,16). The molecule has 18 heavy (non-hydrogen) atoms. The lowest BCUT2D eigenvalue weighted by Crippen LogP contribution is -2.44. The zero-order chi connectivity index (χ0) is 13.7. The molecular weight excluding hydrogens is 349 g/mol. The number of hydrogen-bond donors (Lipinski definition) is 2. The van der Waals surface area contributed by atoms with Crippen molar-refractivity contribution in [3.63, 3.8) is 0 Å². The van der Waals surface area contributed by atoms with Gasteiger partial charge in [0.15, 0.2) is 6.04 Å². The van der Waals surface area contributed by atoms with E-state index in [1.807, 2.05) is 13.0 Å². The van der Waals surface area contributed by atoms with Gasteiger partial charge in [-0.25, -0.2) is 4.79 Å². The van der Waals surface area contributed by atoms with Gasteiger partial charge in [-0.3, -0.25) is 4.79 Å². The number of hydrogen-bond acceptors (Lipinski definition) is 4. The van der Waals surface area contributed by atoms with Crippen LogP contribution in [-0.4, -0.2) is 36.7 Å². The quantitative estimate of drug-likeness (QED) is 0.615. The minimum atomic E-state index is -1.04. The summed E-state index contributed by atoms with van der Waals surface area (Å²) in [6, 6.07) is 4.27. The first kappa shape index (κ1) is 14.9. The molecule has 0 spiro atoms. The van der Waals surface area contributed by atoms with E-state index in [1.165, 1.54) is 7.11 Å². The van der Waals surface area contributed by atoms with E-state index in [9.17, 15) is 9.59 Å². The number of amides is 1.